The molecule has 0 bridgehead atoms. The molecule has 3 aromatic carbocycles. The molecular formula is C25H25N3S3. The number of thioether (sulfide) groups is 2. The lowest BCUT2D eigenvalue weighted by atomic mass is 10.1. The summed E-state index contributed by atoms with van der Waals surface area (Å²) in [5.41, 5.74) is 4.86. The largest absolute Gasteiger partial charge is 0.341 e. The van der Waals surface area contributed by atoms with Gasteiger partial charge in [0.1, 0.15) is 0 Å². The Hall–Kier alpha value is -2.15. The number of benzene rings is 3. The van der Waals surface area contributed by atoms with Gasteiger partial charge in [0.15, 0.2) is 4.80 Å². The van der Waals surface area contributed by atoms with Crippen LogP contribution < -0.4 is 4.80 Å². The Kier molecular flexibility index (Phi) is 5.87. The predicted octanol–water partition coefficient (Wildman–Crippen LogP) is 7.15. The number of para-hydroxylation sites is 1. The van der Waals surface area contributed by atoms with E-state index in [9.17, 15) is 0 Å². The highest BCUT2D eigenvalue weighted by molar-refractivity contribution is 7.98. The van der Waals surface area contributed by atoms with Crippen LogP contribution in [0.4, 0.5) is 5.69 Å². The van der Waals surface area contributed by atoms with Gasteiger partial charge in [0.25, 0.3) is 0 Å². The van der Waals surface area contributed by atoms with Crippen LogP contribution in [-0.4, -0.2) is 27.4 Å². The molecule has 158 valence electrons. The van der Waals surface area contributed by atoms with Crippen molar-refractivity contribution in [3.63, 3.8) is 0 Å². The zero-order valence-corrected chi connectivity index (χ0v) is 20.4. The third-order valence-electron chi connectivity index (χ3n) is 5.71. The second-order valence-corrected chi connectivity index (χ2v) is 10.3. The fourth-order valence-electron chi connectivity index (χ4n) is 4.23. The van der Waals surface area contributed by atoms with E-state index in [1.54, 1.807) is 23.1 Å². The van der Waals surface area contributed by atoms with Gasteiger partial charge >= 0.3 is 0 Å². The summed E-state index contributed by atoms with van der Waals surface area (Å²) in [4.78, 5) is 7.50. The van der Waals surface area contributed by atoms with E-state index >= 15 is 0 Å². The van der Waals surface area contributed by atoms with Crippen molar-refractivity contribution >= 4 is 72.6 Å². The van der Waals surface area contributed by atoms with Crippen molar-refractivity contribution in [2.45, 2.75) is 24.9 Å². The van der Waals surface area contributed by atoms with E-state index in [4.69, 9.17) is 4.99 Å². The number of hydrogen-bond donors (Lipinski definition) is 0. The molecule has 0 fully saturated rings. The fraction of sp³-hybridized carbons (Fsp3) is 0.240. The highest BCUT2D eigenvalue weighted by atomic mass is 32.2. The molecule has 31 heavy (non-hydrogen) atoms. The minimum absolute atomic E-state index is 0.962. The van der Waals surface area contributed by atoms with E-state index in [2.05, 4.69) is 89.2 Å². The Morgan fingerprint density at radius 1 is 0.871 bits per heavy atom. The van der Waals surface area contributed by atoms with E-state index in [1.807, 2.05) is 11.8 Å². The normalized spacial score (nSPS) is 12.5. The highest BCUT2D eigenvalue weighted by Gasteiger charge is 2.11. The van der Waals surface area contributed by atoms with E-state index < -0.39 is 0 Å². The molecule has 3 nitrogen and oxygen atoms in total. The summed E-state index contributed by atoms with van der Waals surface area (Å²) in [6.45, 7) is 4.14. The van der Waals surface area contributed by atoms with E-state index in [0.717, 1.165) is 29.3 Å². The average Bonchev–Trinajstić information content (AvgIpc) is 3.31. The summed E-state index contributed by atoms with van der Waals surface area (Å²) in [7, 11) is 0. The molecule has 0 saturated carbocycles. The van der Waals surface area contributed by atoms with Crippen molar-refractivity contribution in [2.75, 3.05) is 18.3 Å². The van der Waals surface area contributed by atoms with Gasteiger partial charge in [-0.05, 0) is 61.9 Å². The van der Waals surface area contributed by atoms with Crippen molar-refractivity contribution in [1.29, 1.82) is 0 Å². The summed E-state index contributed by atoms with van der Waals surface area (Å²) in [6.07, 6.45) is 4.29. The molecule has 6 heteroatoms. The van der Waals surface area contributed by atoms with Crippen LogP contribution in [0.15, 0.2) is 70.6 Å². The van der Waals surface area contributed by atoms with Crippen molar-refractivity contribution in [2.24, 2.45) is 4.99 Å². The third kappa shape index (κ3) is 3.71. The minimum Gasteiger partial charge on any atom is -0.341 e. The molecule has 0 saturated heterocycles. The second-order valence-electron chi connectivity index (χ2n) is 7.44. The van der Waals surface area contributed by atoms with Crippen molar-refractivity contribution < 1.29 is 0 Å². The predicted molar refractivity (Wildman–Crippen MR) is 140 cm³/mol. The Labute approximate surface area is 194 Å². The number of fused-ring (bicyclic) bond motifs is 4. The Balaban J connectivity index is 1.71. The van der Waals surface area contributed by atoms with Crippen LogP contribution in [0.2, 0.25) is 0 Å². The standard InChI is InChI=1S/C25H25N3S3/c1-4-27-21-8-6-5-7-19(21)20-15-17(9-11-22(20)27)26-25-28(13-14-29-2)23-12-10-18(30-3)16-24(23)31-25/h5-12,15-16H,4,13-14H2,1-3H3. The minimum atomic E-state index is 0.962. The van der Waals surface area contributed by atoms with Crippen LogP contribution in [0, 0.1) is 0 Å². The Bertz CT molecular complexity index is 1460. The van der Waals surface area contributed by atoms with E-state index in [1.165, 1.54) is 36.9 Å². The van der Waals surface area contributed by atoms with Crippen molar-refractivity contribution in [3.05, 3.63) is 65.5 Å². The average molecular weight is 464 g/mol. The summed E-state index contributed by atoms with van der Waals surface area (Å²) < 4.78 is 6.06. The van der Waals surface area contributed by atoms with Crippen LogP contribution in [0.1, 0.15) is 6.92 Å². The van der Waals surface area contributed by atoms with E-state index in [0.29, 0.717) is 0 Å². The van der Waals surface area contributed by atoms with Crippen LogP contribution >= 0.6 is 34.9 Å². The van der Waals surface area contributed by atoms with Crippen molar-refractivity contribution in [3.8, 4) is 0 Å². The summed E-state index contributed by atoms with van der Waals surface area (Å²) >= 11 is 5.45. The molecular weight excluding hydrogens is 438 g/mol. The topological polar surface area (TPSA) is 22.2 Å². The lowest BCUT2D eigenvalue weighted by Crippen LogP contribution is -2.15. The first-order chi connectivity index (χ1) is 15.2. The number of aromatic nitrogens is 2. The van der Waals surface area contributed by atoms with Crippen LogP contribution in [-0.2, 0) is 13.1 Å². The molecule has 0 aliphatic carbocycles. The maximum Gasteiger partial charge on any atom is 0.190 e. The molecule has 5 rings (SSSR count). The van der Waals surface area contributed by atoms with Gasteiger partial charge < -0.3 is 9.13 Å². The molecule has 0 N–H and O–H groups in total. The number of thiazole rings is 1. The highest BCUT2D eigenvalue weighted by Crippen LogP contribution is 2.32. The first-order valence-electron chi connectivity index (χ1n) is 10.5. The molecule has 0 aliphatic heterocycles. The smallest absolute Gasteiger partial charge is 0.190 e. The van der Waals surface area contributed by atoms with Gasteiger partial charge in [0, 0.05) is 45.5 Å². The van der Waals surface area contributed by atoms with Crippen molar-refractivity contribution in [1.82, 2.24) is 9.13 Å². The zero-order chi connectivity index (χ0) is 21.4. The maximum absolute atomic E-state index is 5.13. The maximum atomic E-state index is 5.13. The monoisotopic (exact) mass is 463 g/mol. The third-order valence-corrected chi connectivity index (χ3v) is 8.06. The zero-order valence-electron chi connectivity index (χ0n) is 18.0. The first-order valence-corrected chi connectivity index (χ1v) is 13.9. The van der Waals surface area contributed by atoms with Gasteiger partial charge in [-0.3, -0.25) is 0 Å². The molecule has 0 spiro atoms. The van der Waals surface area contributed by atoms with Crippen LogP contribution in [0.5, 0.6) is 0 Å². The summed E-state index contributed by atoms with van der Waals surface area (Å²) in [5.74, 6) is 1.08. The van der Waals surface area contributed by atoms with Crippen LogP contribution in [0.25, 0.3) is 32.0 Å². The summed E-state index contributed by atoms with van der Waals surface area (Å²) in [6, 6.07) is 22.0. The SMILES string of the molecule is CCn1c2ccccc2c2cc(N=c3sc4cc(SC)ccc4n3CCSC)ccc21. The second kappa shape index (κ2) is 8.77. The fourth-order valence-corrected chi connectivity index (χ4v) is 6.22. The Morgan fingerprint density at radius 3 is 2.48 bits per heavy atom. The lowest BCUT2D eigenvalue weighted by Gasteiger charge is -2.05. The van der Waals surface area contributed by atoms with Crippen LogP contribution in [0.3, 0.4) is 0 Å². The van der Waals surface area contributed by atoms with Gasteiger partial charge in [-0.15, -0.1) is 11.8 Å². The summed E-state index contributed by atoms with van der Waals surface area (Å²) in [5, 5.41) is 2.58. The number of rotatable bonds is 6. The molecule has 0 amide bonds. The van der Waals surface area contributed by atoms with E-state index in [-0.39, 0.29) is 0 Å². The molecule has 0 atom stereocenters. The molecule has 0 unspecified atom stereocenters. The lowest BCUT2D eigenvalue weighted by molar-refractivity contribution is 0.774. The van der Waals surface area contributed by atoms with Gasteiger partial charge in [-0.1, -0.05) is 29.5 Å². The van der Waals surface area contributed by atoms with Gasteiger partial charge in [0.05, 0.1) is 15.9 Å². The van der Waals surface area contributed by atoms with Gasteiger partial charge in [-0.2, -0.15) is 11.8 Å². The van der Waals surface area contributed by atoms with Gasteiger partial charge in [0.2, 0.25) is 0 Å². The number of nitrogens with zero attached hydrogens (tertiary/aromatic N) is 3. The molecule has 0 aliphatic rings. The molecule has 2 aromatic heterocycles. The van der Waals surface area contributed by atoms with Gasteiger partial charge in [-0.25, -0.2) is 4.99 Å². The quantitative estimate of drug-likeness (QED) is 0.250. The molecule has 5 aromatic rings. The molecule has 2 heterocycles. The number of hydrogen-bond acceptors (Lipinski definition) is 4. The first kappa shape index (κ1) is 20.7. The number of aryl methyl sites for hydroxylation is 2. The molecule has 0 radical (unpaired) electrons. The Morgan fingerprint density at radius 2 is 1.68 bits per heavy atom.